The first kappa shape index (κ1) is 16.4. The maximum atomic E-state index is 12.2. The van der Waals surface area contributed by atoms with E-state index < -0.39 is 15.9 Å². The van der Waals surface area contributed by atoms with Gasteiger partial charge in [0, 0.05) is 5.56 Å². The van der Waals surface area contributed by atoms with E-state index in [4.69, 9.17) is 40.5 Å². The molecule has 0 aliphatic heterocycles. The summed E-state index contributed by atoms with van der Waals surface area (Å²) in [6, 6.07) is 5.21. The highest BCUT2D eigenvalue weighted by Gasteiger charge is 2.22. The van der Waals surface area contributed by atoms with Crippen molar-refractivity contribution < 1.29 is 13.2 Å². The number of nitrogens with one attached hydrogen (secondary N) is 1. The van der Waals surface area contributed by atoms with Crippen molar-refractivity contribution in [2.45, 2.75) is 4.90 Å². The van der Waals surface area contributed by atoms with Crippen LogP contribution < -0.4 is 10.5 Å². The van der Waals surface area contributed by atoms with Gasteiger partial charge in [-0.15, -0.1) is 11.3 Å². The summed E-state index contributed by atoms with van der Waals surface area (Å²) in [6.45, 7) is 0. The van der Waals surface area contributed by atoms with Crippen molar-refractivity contribution >= 4 is 67.8 Å². The zero-order chi connectivity index (χ0) is 15.8. The molecule has 0 aliphatic rings. The normalized spacial score (nSPS) is 11.4. The van der Waals surface area contributed by atoms with E-state index in [0.29, 0.717) is 0 Å². The third kappa shape index (κ3) is 3.61. The fourth-order valence-electron chi connectivity index (χ4n) is 1.46. The van der Waals surface area contributed by atoms with Crippen molar-refractivity contribution in [1.82, 2.24) is 0 Å². The Morgan fingerprint density at radius 2 is 1.86 bits per heavy atom. The predicted octanol–water partition coefficient (Wildman–Crippen LogP) is 3.61. The van der Waals surface area contributed by atoms with E-state index in [-0.39, 0.29) is 29.8 Å². The number of benzene rings is 1. The van der Waals surface area contributed by atoms with Gasteiger partial charge in [0.2, 0.25) is 5.91 Å². The lowest BCUT2D eigenvalue weighted by molar-refractivity contribution is 0.100. The van der Waals surface area contributed by atoms with E-state index in [2.05, 4.69) is 4.72 Å². The van der Waals surface area contributed by atoms with Gasteiger partial charge in [0.25, 0.3) is 10.0 Å². The van der Waals surface area contributed by atoms with Crippen LogP contribution >= 0.6 is 46.1 Å². The number of halogens is 3. The monoisotopic (exact) mass is 384 g/mol. The Balaban J connectivity index is 2.43. The van der Waals surface area contributed by atoms with Crippen LogP contribution in [0.3, 0.4) is 0 Å². The average Bonchev–Trinajstić information content (AvgIpc) is 2.71. The molecule has 1 amide bonds. The highest BCUT2D eigenvalue weighted by atomic mass is 35.5. The zero-order valence-corrected chi connectivity index (χ0v) is 14.0. The van der Waals surface area contributed by atoms with Crippen LogP contribution in [-0.2, 0) is 10.0 Å². The number of carbonyl (C=O) groups is 1. The summed E-state index contributed by atoms with van der Waals surface area (Å²) in [7, 11) is -3.98. The number of thiophene rings is 1. The van der Waals surface area contributed by atoms with Crippen LogP contribution in [0, 0.1) is 0 Å². The van der Waals surface area contributed by atoms with E-state index in [9.17, 15) is 13.2 Å². The van der Waals surface area contributed by atoms with Crippen LogP contribution in [-0.4, -0.2) is 14.3 Å². The number of primary amides is 1. The Morgan fingerprint density at radius 3 is 2.38 bits per heavy atom. The van der Waals surface area contributed by atoms with E-state index in [1.807, 2.05) is 0 Å². The van der Waals surface area contributed by atoms with Crippen LogP contribution in [0.15, 0.2) is 29.2 Å². The molecule has 0 unspecified atom stereocenters. The number of anilines is 1. The highest BCUT2D eigenvalue weighted by Crippen LogP contribution is 2.36. The molecule has 0 atom stereocenters. The van der Waals surface area contributed by atoms with Crippen LogP contribution in [0.4, 0.5) is 5.69 Å². The molecule has 0 saturated carbocycles. The molecular formula is C11H7Cl3N2O3S2. The van der Waals surface area contributed by atoms with Gasteiger partial charge in [-0.3, -0.25) is 9.52 Å². The number of sulfonamides is 1. The lowest BCUT2D eigenvalue weighted by Gasteiger charge is -2.09. The van der Waals surface area contributed by atoms with Gasteiger partial charge in [0.05, 0.1) is 15.0 Å². The van der Waals surface area contributed by atoms with E-state index in [1.165, 1.54) is 24.3 Å². The van der Waals surface area contributed by atoms with E-state index in [1.54, 1.807) is 0 Å². The molecule has 0 spiro atoms. The second-order valence-electron chi connectivity index (χ2n) is 3.85. The molecule has 0 saturated heterocycles. The fraction of sp³-hybridized carbons (Fsp3) is 0. The molecule has 1 aromatic carbocycles. The Labute approximate surface area is 139 Å². The van der Waals surface area contributed by atoms with Crippen LogP contribution in [0.5, 0.6) is 0 Å². The van der Waals surface area contributed by atoms with Crippen molar-refractivity contribution in [3.8, 4) is 0 Å². The summed E-state index contributed by atoms with van der Waals surface area (Å²) < 4.78 is 27.0. The molecule has 0 aliphatic carbocycles. The summed E-state index contributed by atoms with van der Waals surface area (Å²) >= 11 is 18.4. The van der Waals surface area contributed by atoms with Gasteiger partial charge in [0.15, 0.2) is 0 Å². The molecule has 0 bridgehead atoms. The highest BCUT2D eigenvalue weighted by molar-refractivity contribution is 7.93. The summed E-state index contributed by atoms with van der Waals surface area (Å²) in [5, 5.41) is 0.112. The van der Waals surface area contributed by atoms with Crippen LogP contribution in [0.2, 0.25) is 13.7 Å². The van der Waals surface area contributed by atoms with Crippen molar-refractivity contribution in [2.24, 2.45) is 5.73 Å². The summed E-state index contributed by atoms with van der Waals surface area (Å²) in [6.07, 6.45) is 0. The maximum Gasteiger partial charge on any atom is 0.264 e. The fourth-order valence-corrected chi connectivity index (χ4v) is 4.91. The number of carbonyl (C=O) groups excluding carboxylic acids is 1. The molecule has 112 valence electrons. The van der Waals surface area contributed by atoms with Crippen molar-refractivity contribution in [2.75, 3.05) is 4.72 Å². The molecule has 1 aromatic heterocycles. The van der Waals surface area contributed by atoms with Gasteiger partial charge in [-0.05, 0) is 24.3 Å². The predicted molar refractivity (Wildman–Crippen MR) is 85.1 cm³/mol. The van der Waals surface area contributed by atoms with Crippen molar-refractivity contribution in [3.63, 3.8) is 0 Å². The number of nitrogens with two attached hydrogens (primary N) is 1. The van der Waals surface area contributed by atoms with Gasteiger partial charge in [-0.1, -0.05) is 34.8 Å². The smallest absolute Gasteiger partial charge is 0.264 e. The minimum Gasteiger partial charge on any atom is -0.366 e. The molecule has 0 fully saturated rings. The van der Waals surface area contributed by atoms with Crippen molar-refractivity contribution in [3.05, 3.63) is 43.5 Å². The van der Waals surface area contributed by atoms with Gasteiger partial charge in [-0.25, -0.2) is 8.42 Å². The molecular weight excluding hydrogens is 379 g/mol. The molecule has 21 heavy (non-hydrogen) atoms. The minimum atomic E-state index is -3.98. The number of hydrogen-bond donors (Lipinski definition) is 2. The quantitative estimate of drug-likeness (QED) is 0.842. The molecule has 1 heterocycles. The molecule has 2 rings (SSSR count). The van der Waals surface area contributed by atoms with E-state index >= 15 is 0 Å². The van der Waals surface area contributed by atoms with Gasteiger partial charge >= 0.3 is 0 Å². The first-order chi connectivity index (χ1) is 9.70. The molecule has 10 heteroatoms. The number of amides is 1. The summed E-state index contributed by atoms with van der Waals surface area (Å²) in [5.74, 6) is -0.705. The molecule has 0 radical (unpaired) electrons. The first-order valence-corrected chi connectivity index (χ1v) is 8.71. The number of rotatable bonds is 4. The molecule has 5 nitrogen and oxygen atoms in total. The van der Waals surface area contributed by atoms with Crippen LogP contribution in [0.25, 0.3) is 0 Å². The largest absolute Gasteiger partial charge is 0.366 e. The van der Waals surface area contributed by atoms with Gasteiger partial charge < -0.3 is 5.73 Å². The zero-order valence-electron chi connectivity index (χ0n) is 10.1. The topological polar surface area (TPSA) is 89.3 Å². The molecule has 2 aromatic rings. The second kappa shape index (κ2) is 6.02. The second-order valence-corrected chi connectivity index (χ2v) is 8.20. The first-order valence-electron chi connectivity index (χ1n) is 5.27. The van der Waals surface area contributed by atoms with Gasteiger partial charge in [-0.2, -0.15) is 0 Å². The Kier molecular flexibility index (Phi) is 4.69. The van der Waals surface area contributed by atoms with E-state index in [0.717, 1.165) is 11.3 Å². The lowest BCUT2D eigenvalue weighted by Crippen LogP contribution is -2.15. The third-order valence-corrected chi connectivity index (χ3v) is 5.86. The average molecular weight is 386 g/mol. The Morgan fingerprint density at radius 1 is 1.19 bits per heavy atom. The molecule has 3 N–H and O–H groups in total. The lowest BCUT2D eigenvalue weighted by atomic mass is 10.2. The van der Waals surface area contributed by atoms with Crippen molar-refractivity contribution in [1.29, 1.82) is 0 Å². The number of hydrogen-bond acceptors (Lipinski definition) is 4. The summed E-state index contributed by atoms with van der Waals surface area (Å²) in [5.41, 5.74) is 5.28. The Bertz CT molecular complexity index is 818. The van der Waals surface area contributed by atoms with Crippen LogP contribution in [0.1, 0.15) is 10.4 Å². The van der Waals surface area contributed by atoms with Gasteiger partial charge in [0.1, 0.15) is 9.23 Å². The third-order valence-electron chi connectivity index (χ3n) is 2.41. The Hall–Kier alpha value is -0.990. The standard InChI is InChI=1S/C11H7Cl3N2O3S2/c12-6-2-1-5(11(15)17)3-7(6)16-21(18,19)8-4-9(13)20-10(8)14/h1-4,16H,(H2,15,17). The SMILES string of the molecule is NC(=O)c1ccc(Cl)c(NS(=O)(=O)c2cc(Cl)sc2Cl)c1. The minimum absolute atomic E-state index is 0.0198. The summed E-state index contributed by atoms with van der Waals surface area (Å²) in [4.78, 5) is 11.0. The maximum absolute atomic E-state index is 12.2.